The van der Waals surface area contributed by atoms with Crippen molar-refractivity contribution in [1.82, 2.24) is 4.90 Å². The number of methoxy groups -OCH3 is 1. The summed E-state index contributed by atoms with van der Waals surface area (Å²) in [4.78, 5) is 15.3. The van der Waals surface area contributed by atoms with Crippen LogP contribution < -0.4 is 14.2 Å². The zero-order valence-electron chi connectivity index (χ0n) is 15.7. The second-order valence-corrected chi connectivity index (χ2v) is 9.76. The van der Waals surface area contributed by atoms with Gasteiger partial charge < -0.3 is 19.1 Å². The number of ether oxygens (including phenoxy) is 3. The van der Waals surface area contributed by atoms with Gasteiger partial charge in [0.2, 0.25) is 6.10 Å². The lowest BCUT2D eigenvalue weighted by Crippen LogP contribution is -2.57. The van der Waals surface area contributed by atoms with E-state index >= 15 is 0 Å². The molecule has 3 aliphatic rings. The first-order chi connectivity index (χ1) is 13.6. The Morgan fingerprint density at radius 1 is 1.25 bits per heavy atom. The van der Waals surface area contributed by atoms with Gasteiger partial charge in [0.15, 0.2) is 11.5 Å². The van der Waals surface area contributed by atoms with Crippen molar-refractivity contribution in [2.24, 2.45) is 0 Å². The van der Waals surface area contributed by atoms with Gasteiger partial charge in [0, 0.05) is 12.6 Å². The highest BCUT2D eigenvalue weighted by molar-refractivity contribution is 14.1. The number of amides is 1. The summed E-state index contributed by atoms with van der Waals surface area (Å²) in [5.74, 6) is 2.29. The van der Waals surface area contributed by atoms with E-state index in [-0.39, 0.29) is 22.0 Å². The molecule has 2 bridgehead atoms. The molecule has 1 fully saturated rings. The molecule has 1 amide bonds. The molecule has 146 valence electrons. The predicted molar refractivity (Wildman–Crippen MR) is 113 cm³/mol. The van der Waals surface area contributed by atoms with Crippen LogP contribution in [0, 0.1) is 0 Å². The second kappa shape index (κ2) is 6.83. The first-order valence-electron chi connectivity index (χ1n) is 9.63. The molecule has 2 heterocycles. The summed E-state index contributed by atoms with van der Waals surface area (Å²) in [6, 6.07) is 14.1. The van der Waals surface area contributed by atoms with E-state index in [0.717, 1.165) is 31.6 Å². The molecule has 0 radical (unpaired) electrons. The van der Waals surface area contributed by atoms with E-state index in [1.807, 2.05) is 35.2 Å². The molecule has 0 N–H and O–H groups in total. The van der Waals surface area contributed by atoms with Crippen LogP contribution in [0.1, 0.15) is 24.0 Å². The number of fused-ring (bicyclic) bond motifs is 5. The molecule has 5 rings (SSSR count). The molecule has 0 spiro atoms. The number of hydrogen-bond acceptors (Lipinski definition) is 4. The molecule has 2 aliphatic heterocycles. The van der Waals surface area contributed by atoms with Crippen molar-refractivity contribution in [3.63, 3.8) is 0 Å². The molecule has 0 aromatic heterocycles. The van der Waals surface area contributed by atoms with E-state index in [1.165, 1.54) is 11.1 Å². The fourth-order valence-electron chi connectivity index (χ4n) is 4.64. The number of benzene rings is 2. The third-order valence-corrected chi connectivity index (χ3v) is 7.63. The van der Waals surface area contributed by atoms with Gasteiger partial charge in [-0.3, -0.25) is 4.79 Å². The first-order valence-corrected chi connectivity index (χ1v) is 10.7. The predicted octanol–water partition coefficient (Wildman–Crippen LogP) is 3.71. The Morgan fingerprint density at radius 2 is 2.07 bits per heavy atom. The van der Waals surface area contributed by atoms with Crippen molar-refractivity contribution < 1.29 is 19.0 Å². The van der Waals surface area contributed by atoms with Crippen LogP contribution in [0.2, 0.25) is 0 Å². The van der Waals surface area contributed by atoms with Gasteiger partial charge in [0.25, 0.3) is 5.91 Å². The third-order valence-electron chi connectivity index (χ3n) is 6.07. The van der Waals surface area contributed by atoms with Crippen molar-refractivity contribution in [2.45, 2.75) is 34.8 Å². The van der Waals surface area contributed by atoms with E-state index in [9.17, 15) is 4.79 Å². The van der Waals surface area contributed by atoms with E-state index in [0.29, 0.717) is 11.5 Å². The minimum Gasteiger partial charge on any atom is -0.497 e. The van der Waals surface area contributed by atoms with Crippen LogP contribution >= 0.6 is 22.6 Å². The fourth-order valence-corrected chi connectivity index (χ4v) is 5.89. The van der Waals surface area contributed by atoms with Gasteiger partial charge in [0.1, 0.15) is 12.4 Å². The molecular weight excluding hydrogens is 469 g/mol. The lowest BCUT2D eigenvalue weighted by molar-refractivity contribution is -0.145. The van der Waals surface area contributed by atoms with Gasteiger partial charge in [-0.05, 0) is 54.7 Å². The summed E-state index contributed by atoms with van der Waals surface area (Å²) < 4.78 is 17.2. The molecule has 1 saturated heterocycles. The molecule has 1 unspecified atom stereocenters. The Labute approximate surface area is 178 Å². The number of para-hydroxylation sites is 2. The second-order valence-electron chi connectivity index (χ2n) is 7.70. The van der Waals surface area contributed by atoms with Crippen LogP contribution in [0.4, 0.5) is 0 Å². The number of likely N-dealkylation sites (tertiary alicyclic amines) is 1. The van der Waals surface area contributed by atoms with Gasteiger partial charge in [0.05, 0.1) is 10.5 Å². The quantitative estimate of drug-likeness (QED) is 0.475. The molecule has 6 heteroatoms. The smallest absolute Gasteiger partial charge is 0.267 e. The van der Waals surface area contributed by atoms with Crippen LogP contribution in [0.5, 0.6) is 17.2 Å². The monoisotopic (exact) mass is 491 g/mol. The Morgan fingerprint density at radius 3 is 2.89 bits per heavy atom. The molecule has 3 atom stereocenters. The highest BCUT2D eigenvalue weighted by Crippen LogP contribution is 2.50. The largest absolute Gasteiger partial charge is 0.497 e. The molecule has 28 heavy (non-hydrogen) atoms. The van der Waals surface area contributed by atoms with E-state index in [2.05, 4.69) is 34.7 Å². The van der Waals surface area contributed by atoms with Crippen LogP contribution in [0.3, 0.4) is 0 Å². The fraction of sp³-hybridized carbons (Fsp3) is 0.409. The normalized spacial score (nSPS) is 27.7. The average molecular weight is 491 g/mol. The lowest BCUT2D eigenvalue weighted by Gasteiger charge is -2.49. The minimum atomic E-state index is -0.575. The van der Waals surface area contributed by atoms with Gasteiger partial charge in [-0.15, -0.1) is 0 Å². The third kappa shape index (κ3) is 2.93. The van der Waals surface area contributed by atoms with Crippen molar-refractivity contribution in [2.75, 3.05) is 20.3 Å². The Hall–Kier alpha value is -1.96. The topological polar surface area (TPSA) is 48.0 Å². The molecule has 2 aromatic rings. The molecule has 2 aromatic carbocycles. The molecule has 1 aliphatic carbocycles. The van der Waals surface area contributed by atoms with Crippen LogP contribution in [0.15, 0.2) is 42.5 Å². The Bertz CT molecular complexity index is 933. The number of piperidine rings is 1. The number of alkyl halides is 1. The number of rotatable bonds is 2. The van der Waals surface area contributed by atoms with Gasteiger partial charge in [-0.1, -0.05) is 40.8 Å². The van der Waals surface area contributed by atoms with Crippen LogP contribution in [-0.2, 0) is 14.6 Å². The summed E-state index contributed by atoms with van der Waals surface area (Å²) in [7, 11) is 1.71. The molecular formula is C22H22INO4. The summed E-state index contributed by atoms with van der Waals surface area (Å²) >= 11 is 2.58. The minimum absolute atomic E-state index is 0.0370. The highest BCUT2D eigenvalue weighted by Gasteiger charge is 2.47. The van der Waals surface area contributed by atoms with Gasteiger partial charge in [-0.25, -0.2) is 0 Å². The average Bonchev–Trinajstić information content (AvgIpc) is 2.73. The van der Waals surface area contributed by atoms with Crippen molar-refractivity contribution >= 4 is 28.5 Å². The van der Waals surface area contributed by atoms with E-state index in [1.54, 1.807) is 7.11 Å². The first kappa shape index (κ1) is 18.1. The number of nitrogens with zero attached hydrogens (tertiary/aromatic N) is 1. The maximum absolute atomic E-state index is 13.3. The van der Waals surface area contributed by atoms with Crippen molar-refractivity contribution in [3.8, 4) is 17.2 Å². The summed E-state index contributed by atoms with van der Waals surface area (Å²) in [5.41, 5.74) is 2.68. The number of carbonyl (C=O) groups is 1. The summed E-state index contributed by atoms with van der Waals surface area (Å²) in [6.45, 7) is 1.01. The maximum atomic E-state index is 13.3. The van der Waals surface area contributed by atoms with E-state index < -0.39 is 6.10 Å². The SMILES string of the molecule is COc1ccc2c(c1)[C@]1(I)CCN(C(=O)C3COc4ccccc4O3)[C@H](C2)C1. The van der Waals surface area contributed by atoms with Crippen LogP contribution in [-0.4, -0.2) is 43.2 Å². The van der Waals surface area contributed by atoms with Gasteiger partial charge in [-0.2, -0.15) is 0 Å². The number of carbonyl (C=O) groups excluding carboxylic acids is 1. The van der Waals surface area contributed by atoms with Crippen molar-refractivity contribution in [1.29, 1.82) is 0 Å². The van der Waals surface area contributed by atoms with Gasteiger partial charge >= 0.3 is 0 Å². The summed E-state index contributed by atoms with van der Waals surface area (Å²) in [6.07, 6.45) is 2.19. The maximum Gasteiger partial charge on any atom is 0.267 e. The zero-order valence-corrected chi connectivity index (χ0v) is 17.8. The highest BCUT2D eigenvalue weighted by atomic mass is 127. The zero-order chi connectivity index (χ0) is 19.3. The van der Waals surface area contributed by atoms with Crippen LogP contribution in [0.25, 0.3) is 0 Å². The standard InChI is InChI=1S/C22H22INO4/c1-26-16-7-6-14-10-15-12-22(23,17(14)11-16)8-9-24(15)21(25)20-13-27-18-4-2-3-5-19(18)28-20/h2-7,11,15,20H,8-10,12-13H2,1H3/t15-,20?,22+/m1/s1. The Kier molecular flexibility index (Phi) is 4.41. The number of halogens is 1. The Balaban J connectivity index is 1.38. The molecule has 0 saturated carbocycles. The van der Waals surface area contributed by atoms with E-state index in [4.69, 9.17) is 14.2 Å². The van der Waals surface area contributed by atoms with Crippen molar-refractivity contribution in [3.05, 3.63) is 53.6 Å². The summed E-state index contributed by atoms with van der Waals surface area (Å²) in [5, 5.41) is 0. The molecule has 5 nitrogen and oxygen atoms in total. The lowest BCUT2D eigenvalue weighted by atomic mass is 9.75. The number of hydrogen-bond donors (Lipinski definition) is 0.